The highest BCUT2D eigenvalue weighted by molar-refractivity contribution is 7.13. The summed E-state index contributed by atoms with van der Waals surface area (Å²) in [6, 6.07) is 8.62. The van der Waals surface area contributed by atoms with Crippen LogP contribution in [-0.4, -0.2) is 31.6 Å². The largest absolute Gasteiger partial charge is 0.331 e. The van der Waals surface area contributed by atoms with Crippen molar-refractivity contribution >= 4 is 39.6 Å². The van der Waals surface area contributed by atoms with Crippen molar-refractivity contribution in [1.82, 2.24) is 19.7 Å². The highest BCUT2D eigenvalue weighted by Gasteiger charge is 2.34. The van der Waals surface area contributed by atoms with E-state index in [1.165, 1.54) is 5.56 Å². The summed E-state index contributed by atoms with van der Waals surface area (Å²) in [5.41, 5.74) is 3.51. The molecule has 5 rings (SSSR count). The topological polar surface area (TPSA) is 51.0 Å². The zero-order valence-corrected chi connectivity index (χ0v) is 18.0. The van der Waals surface area contributed by atoms with Gasteiger partial charge in [-0.3, -0.25) is 4.79 Å². The molecule has 1 amide bonds. The minimum absolute atomic E-state index is 0.0761. The normalized spacial score (nSPS) is 14.0. The molecule has 1 aliphatic rings. The van der Waals surface area contributed by atoms with Gasteiger partial charge >= 0.3 is 0 Å². The van der Waals surface area contributed by atoms with E-state index in [9.17, 15) is 4.79 Å². The van der Waals surface area contributed by atoms with Crippen molar-refractivity contribution in [2.75, 3.05) is 0 Å². The highest BCUT2D eigenvalue weighted by Crippen LogP contribution is 2.34. The first-order valence-electron chi connectivity index (χ1n) is 9.86. The predicted octanol–water partition coefficient (Wildman–Crippen LogP) is 5.61. The molecule has 4 heterocycles. The van der Waals surface area contributed by atoms with E-state index >= 15 is 0 Å². The number of hydrogen-bond donors (Lipinski definition) is 0. The van der Waals surface area contributed by atoms with Crippen LogP contribution in [0.5, 0.6) is 0 Å². The van der Waals surface area contributed by atoms with Gasteiger partial charge in [-0.2, -0.15) is 16.4 Å². The maximum absolute atomic E-state index is 13.7. The van der Waals surface area contributed by atoms with Gasteiger partial charge in [0.05, 0.1) is 27.7 Å². The van der Waals surface area contributed by atoms with E-state index in [0.29, 0.717) is 18.2 Å². The molecular weight excluding hydrogens is 400 g/mol. The molecule has 0 saturated heterocycles. The summed E-state index contributed by atoms with van der Waals surface area (Å²) in [5.74, 6) is 0.0761. The number of pyridine rings is 1. The fraction of sp³-hybridized carbons (Fsp3) is 0.318. The van der Waals surface area contributed by atoms with Crippen molar-refractivity contribution in [3.63, 3.8) is 0 Å². The van der Waals surface area contributed by atoms with Gasteiger partial charge in [-0.1, -0.05) is 6.07 Å². The van der Waals surface area contributed by atoms with Crippen molar-refractivity contribution < 1.29 is 4.79 Å². The number of hydrogen-bond acceptors (Lipinski definition) is 5. The third-order valence-corrected chi connectivity index (χ3v) is 6.87. The van der Waals surface area contributed by atoms with E-state index in [-0.39, 0.29) is 11.9 Å². The average Bonchev–Trinajstić information content (AvgIpc) is 3.14. The van der Waals surface area contributed by atoms with Crippen molar-refractivity contribution in [3.05, 3.63) is 57.7 Å². The molecule has 1 aliphatic carbocycles. The van der Waals surface area contributed by atoms with E-state index in [1.807, 2.05) is 33.2 Å². The second-order valence-electron chi connectivity index (χ2n) is 7.75. The molecule has 0 unspecified atom stereocenters. The Morgan fingerprint density at radius 1 is 1.31 bits per heavy atom. The Balaban J connectivity index is 1.63. The Kier molecular flexibility index (Phi) is 4.72. The molecule has 4 aromatic rings. The molecule has 148 valence electrons. The SMILES string of the molecule is CC(C)n1ncc2c(C(=O)N(Cc3ccsc3)C3CC3)cc(-c3cccs3)nc21. The van der Waals surface area contributed by atoms with Crippen molar-refractivity contribution in [2.45, 2.75) is 45.3 Å². The molecule has 0 spiro atoms. The number of aromatic nitrogens is 3. The number of fused-ring (bicyclic) bond motifs is 1. The molecule has 0 aromatic carbocycles. The van der Waals surface area contributed by atoms with Gasteiger partial charge in [-0.05, 0) is 66.6 Å². The van der Waals surface area contributed by atoms with E-state index in [1.54, 1.807) is 28.9 Å². The van der Waals surface area contributed by atoms with Gasteiger partial charge in [-0.15, -0.1) is 11.3 Å². The summed E-state index contributed by atoms with van der Waals surface area (Å²) < 4.78 is 1.91. The van der Waals surface area contributed by atoms with E-state index < -0.39 is 0 Å². The molecule has 4 aromatic heterocycles. The quantitative estimate of drug-likeness (QED) is 0.406. The number of nitrogens with zero attached hydrogens (tertiary/aromatic N) is 4. The fourth-order valence-corrected chi connectivity index (χ4v) is 4.96. The molecule has 5 nitrogen and oxygen atoms in total. The Morgan fingerprint density at radius 2 is 2.17 bits per heavy atom. The first-order chi connectivity index (χ1) is 14.1. The molecular formula is C22H22N4OS2. The van der Waals surface area contributed by atoms with Gasteiger partial charge in [0.15, 0.2) is 5.65 Å². The standard InChI is InChI=1S/C22H22N4OS2/c1-14(2)26-21-18(11-23-26)17(10-19(24-21)20-4-3-8-29-20)22(27)25(16-5-6-16)12-15-7-9-28-13-15/h3-4,7-11,13-14,16H,5-6,12H2,1-2H3. The fourth-order valence-electron chi connectivity index (χ4n) is 3.61. The first-order valence-corrected chi connectivity index (χ1v) is 11.7. The number of thiophene rings is 2. The predicted molar refractivity (Wildman–Crippen MR) is 118 cm³/mol. The Hall–Kier alpha value is -2.51. The average molecular weight is 423 g/mol. The lowest BCUT2D eigenvalue weighted by molar-refractivity contribution is 0.0732. The summed E-state index contributed by atoms with van der Waals surface area (Å²) in [5, 5.41) is 11.6. The molecule has 0 atom stereocenters. The molecule has 7 heteroatoms. The van der Waals surface area contributed by atoms with Crippen LogP contribution in [0.1, 0.15) is 48.7 Å². The van der Waals surface area contributed by atoms with Crippen LogP contribution in [0.25, 0.3) is 21.6 Å². The second-order valence-corrected chi connectivity index (χ2v) is 9.48. The third-order valence-electron chi connectivity index (χ3n) is 5.24. The van der Waals surface area contributed by atoms with Gasteiger partial charge in [0, 0.05) is 18.6 Å². The number of carbonyl (C=O) groups excluding carboxylic acids is 1. The van der Waals surface area contributed by atoms with Crippen LogP contribution in [-0.2, 0) is 6.54 Å². The smallest absolute Gasteiger partial charge is 0.255 e. The Bertz CT molecular complexity index is 1140. The van der Waals surface area contributed by atoms with Crippen molar-refractivity contribution in [3.8, 4) is 10.6 Å². The zero-order valence-electron chi connectivity index (χ0n) is 16.4. The maximum Gasteiger partial charge on any atom is 0.255 e. The summed E-state index contributed by atoms with van der Waals surface area (Å²) in [6.07, 6.45) is 3.95. The minimum Gasteiger partial charge on any atom is -0.331 e. The lowest BCUT2D eigenvalue weighted by Crippen LogP contribution is -2.32. The molecule has 1 fully saturated rings. The van der Waals surface area contributed by atoms with Crippen LogP contribution < -0.4 is 0 Å². The molecule has 0 N–H and O–H groups in total. The van der Waals surface area contributed by atoms with Crippen LogP contribution in [0.3, 0.4) is 0 Å². The van der Waals surface area contributed by atoms with Crippen LogP contribution in [0.15, 0.2) is 46.6 Å². The Morgan fingerprint density at radius 3 is 2.83 bits per heavy atom. The number of carbonyl (C=O) groups is 1. The summed E-state index contributed by atoms with van der Waals surface area (Å²) in [7, 11) is 0. The van der Waals surface area contributed by atoms with Gasteiger partial charge in [0.25, 0.3) is 5.91 Å². The van der Waals surface area contributed by atoms with Crippen molar-refractivity contribution in [1.29, 1.82) is 0 Å². The lowest BCUT2D eigenvalue weighted by Gasteiger charge is -2.23. The van der Waals surface area contributed by atoms with E-state index in [4.69, 9.17) is 4.98 Å². The first kappa shape index (κ1) is 18.5. The van der Waals surface area contributed by atoms with Gasteiger partial charge < -0.3 is 4.90 Å². The van der Waals surface area contributed by atoms with Crippen LogP contribution in [0.2, 0.25) is 0 Å². The molecule has 0 bridgehead atoms. The summed E-state index contributed by atoms with van der Waals surface area (Å²) >= 11 is 3.31. The number of amides is 1. The highest BCUT2D eigenvalue weighted by atomic mass is 32.1. The maximum atomic E-state index is 13.7. The van der Waals surface area contributed by atoms with E-state index in [2.05, 4.69) is 35.8 Å². The monoisotopic (exact) mass is 422 g/mol. The van der Waals surface area contributed by atoms with Crippen LogP contribution in [0.4, 0.5) is 0 Å². The van der Waals surface area contributed by atoms with Gasteiger partial charge in [0.2, 0.25) is 0 Å². The van der Waals surface area contributed by atoms with Crippen LogP contribution >= 0.6 is 22.7 Å². The van der Waals surface area contributed by atoms with Gasteiger partial charge in [0.1, 0.15) is 0 Å². The molecule has 1 saturated carbocycles. The Labute approximate surface area is 177 Å². The van der Waals surface area contributed by atoms with Gasteiger partial charge in [-0.25, -0.2) is 9.67 Å². The van der Waals surface area contributed by atoms with Crippen molar-refractivity contribution in [2.24, 2.45) is 0 Å². The molecule has 0 radical (unpaired) electrons. The molecule has 0 aliphatic heterocycles. The third kappa shape index (κ3) is 3.49. The second kappa shape index (κ2) is 7.39. The minimum atomic E-state index is 0.0761. The van der Waals surface area contributed by atoms with Crippen LogP contribution in [0, 0.1) is 0 Å². The van der Waals surface area contributed by atoms with E-state index in [0.717, 1.165) is 34.4 Å². The number of rotatable bonds is 6. The molecule has 29 heavy (non-hydrogen) atoms. The zero-order chi connectivity index (χ0) is 20.0. The lowest BCUT2D eigenvalue weighted by atomic mass is 10.1. The summed E-state index contributed by atoms with van der Waals surface area (Å²) in [6.45, 7) is 4.82. The summed E-state index contributed by atoms with van der Waals surface area (Å²) in [4.78, 5) is 21.7.